The zero-order valence-electron chi connectivity index (χ0n) is 22.1. The Balaban J connectivity index is 1.51. The van der Waals surface area contributed by atoms with E-state index in [2.05, 4.69) is 35.6 Å². The summed E-state index contributed by atoms with van der Waals surface area (Å²) in [6, 6.07) is 2.11. The van der Waals surface area contributed by atoms with E-state index in [9.17, 15) is 4.79 Å². The first-order valence-corrected chi connectivity index (χ1v) is 13.2. The Hall–Kier alpha value is -3.53. The van der Waals surface area contributed by atoms with Crippen molar-refractivity contribution in [3.8, 4) is 0 Å². The Labute approximate surface area is 217 Å². The molecule has 1 aliphatic carbocycles. The summed E-state index contributed by atoms with van der Waals surface area (Å²) >= 11 is 0. The van der Waals surface area contributed by atoms with Crippen LogP contribution in [-0.2, 0) is 4.84 Å². The van der Waals surface area contributed by atoms with Crippen LogP contribution in [-0.4, -0.2) is 57.5 Å². The number of nitrogens with one attached hydrogen (secondary N) is 2. The van der Waals surface area contributed by atoms with Crippen molar-refractivity contribution in [2.75, 3.05) is 36.4 Å². The summed E-state index contributed by atoms with van der Waals surface area (Å²) in [6.07, 6.45) is 9.52. The van der Waals surface area contributed by atoms with Crippen LogP contribution in [0.2, 0.25) is 0 Å². The Kier molecular flexibility index (Phi) is 7.36. The number of hydrogen-bond acceptors (Lipinski definition) is 9. The van der Waals surface area contributed by atoms with Crippen LogP contribution < -0.4 is 21.1 Å². The molecule has 37 heavy (non-hydrogen) atoms. The molecule has 5 rings (SSSR count). The molecule has 196 valence electrons. The molecule has 1 saturated carbocycles. The molecule has 2 N–H and O–H groups in total. The first-order chi connectivity index (χ1) is 17.9. The van der Waals surface area contributed by atoms with Crippen LogP contribution in [0.15, 0.2) is 34.6 Å². The molecule has 0 bridgehead atoms. The molecule has 0 aromatic carbocycles. The number of aryl methyl sites for hydroxylation is 1. The molecule has 0 unspecified atom stereocenters. The van der Waals surface area contributed by atoms with Gasteiger partial charge in [-0.1, -0.05) is 18.0 Å². The van der Waals surface area contributed by atoms with Crippen LogP contribution in [0, 0.1) is 6.92 Å². The molecule has 10 nitrogen and oxygen atoms in total. The Morgan fingerprint density at radius 2 is 1.84 bits per heavy atom. The topological polar surface area (TPSA) is 110 Å². The van der Waals surface area contributed by atoms with Crippen molar-refractivity contribution in [3.05, 3.63) is 46.1 Å². The van der Waals surface area contributed by atoms with Crippen molar-refractivity contribution in [1.82, 2.24) is 24.8 Å². The fourth-order valence-electron chi connectivity index (χ4n) is 5.28. The summed E-state index contributed by atoms with van der Waals surface area (Å²) in [4.78, 5) is 35.4. The predicted molar refractivity (Wildman–Crippen MR) is 147 cm³/mol. The molecule has 1 saturated heterocycles. The highest BCUT2D eigenvalue weighted by molar-refractivity contribution is 6.03. The van der Waals surface area contributed by atoms with E-state index >= 15 is 0 Å². The van der Waals surface area contributed by atoms with Crippen LogP contribution in [0.5, 0.6) is 0 Å². The van der Waals surface area contributed by atoms with E-state index < -0.39 is 0 Å². The lowest BCUT2D eigenvalue weighted by atomic mass is 10.0. The monoisotopic (exact) mass is 504 g/mol. The number of fused-ring (bicyclic) bond motifs is 1. The third-order valence-corrected chi connectivity index (χ3v) is 7.14. The van der Waals surface area contributed by atoms with Gasteiger partial charge in [-0.15, -0.1) is 0 Å². The highest BCUT2D eigenvalue weighted by atomic mass is 16.6. The Morgan fingerprint density at radius 1 is 1.11 bits per heavy atom. The van der Waals surface area contributed by atoms with Crippen molar-refractivity contribution in [2.24, 2.45) is 5.16 Å². The van der Waals surface area contributed by atoms with Gasteiger partial charge >= 0.3 is 0 Å². The van der Waals surface area contributed by atoms with Crippen molar-refractivity contribution in [2.45, 2.75) is 65.5 Å². The maximum absolute atomic E-state index is 13.9. The van der Waals surface area contributed by atoms with Gasteiger partial charge in [0.25, 0.3) is 5.56 Å². The number of piperazine rings is 1. The van der Waals surface area contributed by atoms with Crippen LogP contribution in [0.3, 0.4) is 0 Å². The van der Waals surface area contributed by atoms with E-state index in [1.54, 1.807) is 12.4 Å². The minimum atomic E-state index is -0.0582. The van der Waals surface area contributed by atoms with Gasteiger partial charge in [0.15, 0.2) is 0 Å². The summed E-state index contributed by atoms with van der Waals surface area (Å²) in [5.41, 5.74) is 2.90. The normalized spacial score (nSPS) is 17.1. The van der Waals surface area contributed by atoms with E-state index in [0.717, 1.165) is 74.1 Å². The number of pyridine rings is 2. The molecule has 3 aromatic rings. The number of nitrogens with zero attached hydrogens (tertiary/aromatic N) is 6. The largest absolute Gasteiger partial charge is 0.393 e. The Morgan fingerprint density at radius 3 is 2.51 bits per heavy atom. The van der Waals surface area contributed by atoms with Crippen LogP contribution in [0.25, 0.3) is 10.9 Å². The molecular formula is C27H36N8O2. The van der Waals surface area contributed by atoms with Gasteiger partial charge < -0.3 is 24.9 Å². The smallest absolute Gasteiger partial charge is 0.260 e. The predicted octanol–water partition coefficient (Wildman–Crippen LogP) is 3.91. The van der Waals surface area contributed by atoms with Crippen LogP contribution in [0.4, 0.5) is 17.5 Å². The molecule has 2 aliphatic rings. The third-order valence-electron chi connectivity index (χ3n) is 7.14. The summed E-state index contributed by atoms with van der Waals surface area (Å²) in [5, 5.41) is 11.8. The molecule has 2 fully saturated rings. The highest BCUT2D eigenvalue weighted by Gasteiger charge is 2.25. The summed E-state index contributed by atoms with van der Waals surface area (Å²) in [6.45, 7) is 11.4. The number of aromatic nitrogens is 4. The Bertz CT molecular complexity index is 1340. The lowest BCUT2D eigenvalue weighted by Crippen LogP contribution is -2.43. The van der Waals surface area contributed by atoms with Crippen LogP contribution >= 0.6 is 0 Å². The first kappa shape index (κ1) is 25.1. The van der Waals surface area contributed by atoms with Gasteiger partial charge in [-0.25, -0.2) is 15.0 Å². The van der Waals surface area contributed by atoms with Gasteiger partial charge in [-0.05, 0) is 46.1 Å². The van der Waals surface area contributed by atoms with Gasteiger partial charge in [0.2, 0.25) is 0 Å². The van der Waals surface area contributed by atoms with E-state index in [-0.39, 0.29) is 17.7 Å². The van der Waals surface area contributed by atoms with Gasteiger partial charge in [-0.2, -0.15) is 0 Å². The molecule has 0 atom stereocenters. The zero-order chi connectivity index (χ0) is 25.9. The van der Waals surface area contributed by atoms with Crippen LogP contribution in [0.1, 0.15) is 63.6 Å². The van der Waals surface area contributed by atoms with E-state index in [1.165, 1.54) is 0 Å². The second-order valence-corrected chi connectivity index (χ2v) is 10.2. The highest BCUT2D eigenvalue weighted by Crippen LogP contribution is 2.33. The van der Waals surface area contributed by atoms with E-state index in [4.69, 9.17) is 4.84 Å². The first-order valence-electron chi connectivity index (χ1n) is 13.2. The number of hydrogen-bond donors (Lipinski definition) is 2. The molecular weight excluding hydrogens is 468 g/mol. The average molecular weight is 505 g/mol. The minimum absolute atomic E-state index is 0.0252. The molecule has 0 amide bonds. The van der Waals surface area contributed by atoms with Crippen molar-refractivity contribution >= 4 is 34.1 Å². The summed E-state index contributed by atoms with van der Waals surface area (Å²) in [5.74, 6) is 2.11. The lowest BCUT2D eigenvalue weighted by molar-refractivity contribution is 0.0860. The van der Waals surface area contributed by atoms with E-state index in [1.807, 2.05) is 44.5 Å². The van der Waals surface area contributed by atoms with Gasteiger partial charge in [0, 0.05) is 49.9 Å². The fraction of sp³-hybridized carbons (Fsp3) is 0.519. The quantitative estimate of drug-likeness (QED) is 0.368. The van der Waals surface area contributed by atoms with Gasteiger partial charge in [0.1, 0.15) is 23.6 Å². The number of oxime groups is 1. The number of rotatable bonds is 7. The molecule has 4 heterocycles. The lowest BCUT2D eigenvalue weighted by Gasteiger charge is -2.28. The van der Waals surface area contributed by atoms with Gasteiger partial charge in [-0.3, -0.25) is 4.79 Å². The standard InChI is InChI=1S/C27H36N8O2/c1-17(2)37-33-19(4)26-18(3)21-14-29-23(13-22(21)35(27(26)36)20-7-5-6-8-20)32-24-15-31-25(16-30-24)34-11-9-28-10-12-34/h13-17,20,28H,5-12H2,1-4H3,(H,29,30,32)/b33-19+. The second kappa shape index (κ2) is 10.8. The van der Waals surface area contributed by atoms with E-state index in [0.29, 0.717) is 22.9 Å². The molecule has 3 aromatic heterocycles. The SMILES string of the molecule is C/C(=N\OC(C)C)c1c(C)c2cnc(Nc3cnc(N4CCNCC4)cn3)cc2n(C2CCCC2)c1=O. The molecule has 1 aliphatic heterocycles. The fourth-order valence-corrected chi connectivity index (χ4v) is 5.28. The van der Waals surface area contributed by atoms with Crippen molar-refractivity contribution in [1.29, 1.82) is 0 Å². The summed E-state index contributed by atoms with van der Waals surface area (Å²) < 4.78 is 1.95. The molecule has 0 spiro atoms. The third kappa shape index (κ3) is 5.29. The minimum Gasteiger partial charge on any atom is -0.393 e. The van der Waals surface area contributed by atoms with Gasteiger partial charge in [0.05, 0.1) is 29.2 Å². The maximum atomic E-state index is 13.9. The van der Waals surface area contributed by atoms with Crippen molar-refractivity contribution in [3.63, 3.8) is 0 Å². The van der Waals surface area contributed by atoms with Crippen molar-refractivity contribution < 1.29 is 4.84 Å². The molecule has 10 heteroatoms. The average Bonchev–Trinajstić information content (AvgIpc) is 3.43. The zero-order valence-corrected chi connectivity index (χ0v) is 22.1. The maximum Gasteiger partial charge on any atom is 0.260 e. The molecule has 0 radical (unpaired) electrons. The second-order valence-electron chi connectivity index (χ2n) is 10.2. The summed E-state index contributed by atoms with van der Waals surface area (Å²) in [7, 11) is 0. The number of anilines is 3.